The molecule has 0 saturated carbocycles. The Hall–Kier alpha value is -1.40. The molecule has 5 nitrogen and oxygen atoms in total. The number of carbonyl (C=O) groups is 1. The summed E-state index contributed by atoms with van der Waals surface area (Å²) in [6.45, 7) is 8.43. The first-order valence-electron chi connectivity index (χ1n) is 7.51. The van der Waals surface area contributed by atoms with E-state index < -0.39 is 10.0 Å². The summed E-state index contributed by atoms with van der Waals surface area (Å²) in [6, 6.07) is 5.88. The number of nitrogens with one attached hydrogen (secondary N) is 1. The van der Waals surface area contributed by atoms with E-state index in [-0.39, 0.29) is 16.8 Å². The van der Waals surface area contributed by atoms with Gasteiger partial charge in [0.15, 0.2) is 0 Å². The molecule has 0 bridgehead atoms. The predicted octanol–water partition coefficient (Wildman–Crippen LogP) is 2.49. The molecule has 0 aromatic heterocycles. The topological polar surface area (TPSA) is 66.5 Å². The Morgan fingerprint density at radius 3 is 2.14 bits per heavy atom. The second-order valence-corrected chi connectivity index (χ2v) is 7.92. The maximum atomic E-state index is 12.3. The summed E-state index contributed by atoms with van der Waals surface area (Å²) >= 11 is 0. The molecule has 6 heteroatoms. The highest BCUT2D eigenvalue weighted by molar-refractivity contribution is 7.89. The molecule has 0 unspecified atom stereocenters. The summed E-state index contributed by atoms with van der Waals surface area (Å²) in [6.07, 6.45) is 0.938. The van der Waals surface area contributed by atoms with Crippen LogP contribution in [0.15, 0.2) is 29.2 Å². The zero-order valence-corrected chi connectivity index (χ0v) is 14.8. The maximum Gasteiger partial charge on any atom is 0.253 e. The van der Waals surface area contributed by atoms with Gasteiger partial charge in [0.25, 0.3) is 5.91 Å². The molecule has 0 radical (unpaired) electrons. The number of benzene rings is 1. The van der Waals surface area contributed by atoms with E-state index in [1.54, 1.807) is 37.9 Å². The molecular formula is C16H26N2O3S. The standard InChI is InChI=1S/C16H26N2O3S/c1-12(2)10-11-18(5)16(19)14-6-8-15(9-7-14)22(20,21)17-13(3)4/h6-9,12-13,17H,10-11H2,1-5H3. The monoisotopic (exact) mass is 326 g/mol. The molecule has 1 aromatic rings. The van der Waals surface area contributed by atoms with Gasteiger partial charge in [0, 0.05) is 25.2 Å². The molecule has 0 spiro atoms. The molecular weight excluding hydrogens is 300 g/mol. The van der Waals surface area contributed by atoms with Gasteiger partial charge in [0.2, 0.25) is 10.0 Å². The molecule has 0 aliphatic rings. The van der Waals surface area contributed by atoms with E-state index >= 15 is 0 Å². The predicted molar refractivity (Wildman–Crippen MR) is 88.3 cm³/mol. The lowest BCUT2D eigenvalue weighted by molar-refractivity contribution is 0.0789. The van der Waals surface area contributed by atoms with Crippen molar-refractivity contribution in [3.8, 4) is 0 Å². The largest absolute Gasteiger partial charge is 0.342 e. The lowest BCUT2D eigenvalue weighted by atomic mass is 10.1. The number of hydrogen-bond acceptors (Lipinski definition) is 3. The van der Waals surface area contributed by atoms with Crippen molar-refractivity contribution in [2.24, 2.45) is 5.92 Å². The van der Waals surface area contributed by atoms with E-state index in [1.165, 1.54) is 12.1 Å². The van der Waals surface area contributed by atoms with Crippen molar-refractivity contribution in [1.82, 2.24) is 9.62 Å². The van der Waals surface area contributed by atoms with Crippen LogP contribution in [0.4, 0.5) is 0 Å². The van der Waals surface area contributed by atoms with Crippen LogP contribution in [0, 0.1) is 5.92 Å². The van der Waals surface area contributed by atoms with E-state index in [0.717, 1.165) is 6.42 Å². The maximum absolute atomic E-state index is 12.3. The van der Waals surface area contributed by atoms with E-state index in [2.05, 4.69) is 18.6 Å². The number of rotatable bonds is 7. The van der Waals surface area contributed by atoms with Crippen LogP contribution in [0.3, 0.4) is 0 Å². The van der Waals surface area contributed by atoms with Crippen molar-refractivity contribution in [1.29, 1.82) is 0 Å². The highest BCUT2D eigenvalue weighted by Gasteiger charge is 2.17. The second-order valence-electron chi connectivity index (χ2n) is 6.21. The van der Waals surface area contributed by atoms with Crippen LogP contribution < -0.4 is 4.72 Å². The third-order valence-electron chi connectivity index (χ3n) is 3.19. The minimum Gasteiger partial charge on any atom is -0.342 e. The van der Waals surface area contributed by atoms with Crippen molar-refractivity contribution < 1.29 is 13.2 Å². The first-order valence-corrected chi connectivity index (χ1v) is 8.99. The van der Waals surface area contributed by atoms with Gasteiger partial charge >= 0.3 is 0 Å². The second kappa shape index (κ2) is 7.74. The Kier molecular flexibility index (Phi) is 6.56. The first-order chi connectivity index (χ1) is 10.1. The summed E-state index contributed by atoms with van der Waals surface area (Å²) in [5, 5.41) is 0. The summed E-state index contributed by atoms with van der Waals surface area (Å²) < 4.78 is 26.6. The van der Waals surface area contributed by atoms with Crippen molar-refractivity contribution in [3.05, 3.63) is 29.8 Å². The van der Waals surface area contributed by atoms with Gasteiger partial charge in [0.1, 0.15) is 0 Å². The van der Waals surface area contributed by atoms with Crippen LogP contribution in [0.5, 0.6) is 0 Å². The fourth-order valence-corrected chi connectivity index (χ4v) is 3.18. The molecule has 1 N–H and O–H groups in total. The van der Waals surface area contributed by atoms with E-state index in [1.807, 2.05) is 0 Å². The minimum atomic E-state index is -3.52. The molecule has 1 aromatic carbocycles. The summed E-state index contributed by atoms with van der Waals surface area (Å²) in [4.78, 5) is 14.1. The van der Waals surface area contributed by atoms with Crippen LogP contribution in [0.2, 0.25) is 0 Å². The van der Waals surface area contributed by atoms with Gasteiger partial charge in [-0.15, -0.1) is 0 Å². The van der Waals surface area contributed by atoms with Gasteiger partial charge in [-0.1, -0.05) is 13.8 Å². The van der Waals surface area contributed by atoms with Crippen LogP contribution >= 0.6 is 0 Å². The number of hydrogen-bond donors (Lipinski definition) is 1. The Labute approximate surface area is 133 Å². The van der Waals surface area contributed by atoms with Gasteiger partial charge < -0.3 is 4.90 Å². The van der Waals surface area contributed by atoms with Crippen molar-refractivity contribution in [3.63, 3.8) is 0 Å². The lowest BCUT2D eigenvalue weighted by Crippen LogP contribution is -2.30. The zero-order chi connectivity index (χ0) is 16.9. The van der Waals surface area contributed by atoms with E-state index in [0.29, 0.717) is 18.0 Å². The van der Waals surface area contributed by atoms with E-state index in [4.69, 9.17) is 0 Å². The Balaban J connectivity index is 2.82. The van der Waals surface area contributed by atoms with Gasteiger partial charge in [-0.05, 0) is 50.5 Å². The summed E-state index contributed by atoms with van der Waals surface area (Å²) in [5.41, 5.74) is 0.495. The fraction of sp³-hybridized carbons (Fsp3) is 0.562. The fourth-order valence-electron chi connectivity index (χ4n) is 1.93. The highest BCUT2D eigenvalue weighted by Crippen LogP contribution is 2.13. The molecule has 22 heavy (non-hydrogen) atoms. The number of amides is 1. The number of carbonyl (C=O) groups excluding carboxylic acids is 1. The van der Waals surface area contributed by atoms with E-state index in [9.17, 15) is 13.2 Å². The van der Waals surface area contributed by atoms with Gasteiger partial charge in [-0.3, -0.25) is 4.79 Å². The van der Waals surface area contributed by atoms with Crippen LogP contribution in [0.25, 0.3) is 0 Å². The molecule has 124 valence electrons. The van der Waals surface area contributed by atoms with Crippen molar-refractivity contribution in [2.45, 2.75) is 45.1 Å². The highest BCUT2D eigenvalue weighted by atomic mass is 32.2. The molecule has 1 rings (SSSR count). The first kappa shape index (κ1) is 18.6. The molecule has 0 saturated heterocycles. The van der Waals surface area contributed by atoms with Crippen LogP contribution in [0.1, 0.15) is 44.5 Å². The molecule has 1 amide bonds. The normalized spacial score (nSPS) is 12.0. The Morgan fingerprint density at radius 2 is 1.68 bits per heavy atom. The summed E-state index contributed by atoms with van der Waals surface area (Å²) in [5.74, 6) is 0.436. The van der Waals surface area contributed by atoms with Crippen molar-refractivity contribution in [2.75, 3.05) is 13.6 Å². The third kappa shape index (κ3) is 5.42. The lowest BCUT2D eigenvalue weighted by Gasteiger charge is -2.18. The van der Waals surface area contributed by atoms with Gasteiger partial charge in [0.05, 0.1) is 4.90 Å². The average Bonchev–Trinajstić information content (AvgIpc) is 2.42. The quantitative estimate of drug-likeness (QED) is 0.837. The summed E-state index contributed by atoms with van der Waals surface area (Å²) in [7, 11) is -1.76. The Bertz CT molecular complexity index is 592. The molecule has 0 atom stereocenters. The SMILES string of the molecule is CC(C)CCN(C)C(=O)c1ccc(S(=O)(=O)NC(C)C)cc1. The number of nitrogens with zero attached hydrogens (tertiary/aromatic N) is 1. The minimum absolute atomic E-state index is 0.0959. The zero-order valence-electron chi connectivity index (χ0n) is 14.0. The van der Waals surface area contributed by atoms with Crippen LogP contribution in [-0.2, 0) is 10.0 Å². The molecule has 0 heterocycles. The molecule has 0 aliphatic carbocycles. The average molecular weight is 326 g/mol. The Morgan fingerprint density at radius 1 is 1.14 bits per heavy atom. The van der Waals surface area contributed by atoms with Gasteiger partial charge in [-0.25, -0.2) is 13.1 Å². The number of sulfonamides is 1. The van der Waals surface area contributed by atoms with Crippen LogP contribution in [-0.4, -0.2) is 38.9 Å². The van der Waals surface area contributed by atoms with Gasteiger partial charge in [-0.2, -0.15) is 0 Å². The smallest absolute Gasteiger partial charge is 0.253 e. The molecule has 0 aliphatic heterocycles. The molecule has 0 fully saturated rings. The van der Waals surface area contributed by atoms with Crippen molar-refractivity contribution >= 4 is 15.9 Å². The third-order valence-corrected chi connectivity index (χ3v) is 4.87.